The average Bonchev–Trinajstić information content (AvgIpc) is 2.85. The van der Waals surface area contributed by atoms with Crippen molar-refractivity contribution >= 4 is 28.8 Å². The number of rotatable bonds is 6. The van der Waals surface area contributed by atoms with Gasteiger partial charge in [-0.15, -0.1) is 0 Å². The van der Waals surface area contributed by atoms with Gasteiger partial charge in [0.05, 0.1) is 11.5 Å². The standard InChI is InChI=1S/C14H21ClN4O3/c1-18(8-14(9-22-2)5-3-4-6-14)10-7-11(15)17-13(16)12(10)19(20)21/h7H,3-6,8-9H2,1-2H3,(H2,16,17). The predicted octanol–water partition coefficient (Wildman–Crippen LogP) is 2.87. The Bertz CT molecular complexity index is 561. The Morgan fingerprint density at radius 3 is 2.73 bits per heavy atom. The second kappa shape index (κ2) is 6.66. The van der Waals surface area contributed by atoms with E-state index in [0.717, 1.165) is 25.7 Å². The van der Waals surface area contributed by atoms with E-state index < -0.39 is 4.92 Å². The molecule has 1 aromatic heterocycles. The Hall–Kier alpha value is -1.60. The minimum atomic E-state index is -0.512. The second-order valence-electron chi connectivity index (χ2n) is 5.95. The van der Waals surface area contributed by atoms with Gasteiger partial charge >= 0.3 is 5.69 Å². The summed E-state index contributed by atoms with van der Waals surface area (Å²) in [5, 5.41) is 11.4. The van der Waals surface area contributed by atoms with Crippen LogP contribution in [-0.4, -0.2) is 37.2 Å². The van der Waals surface area contributed by atoms with Crippen molar-refractivity contribution in [3.63, 3.8) is 0 Å². The molecule has 1 aliphatic carbocycles. The normalized spacial score (nSPS) is 16.7. The molecule has 0 radical (unpaired) electrons. The van der Waals surface area contributed by atoms with Crippen LogP contribution < -0.4 is 10.6 Å². The molecule has 0 bridgehead atoms. The summed E-state index contributed by atoms with van der Waals surface area (Å²) in [4.78, 5) is 16.4. The summed E-state index contributed by atoms with van der Waals surface area (Å²) < 4.78 is 5.37. The largest absolute Gasteiger partial charge is 0.384 e. The number of hydrogen-bond acceptors (Lipinski definition) is 6. The number of aromatic nitrogens is 1. The van der Waals surface area contributed by atoms with Crippen LogP contribution in [0.4, 0.5) is 17.2 Å². The van der Waals surface area contributed by atoms with Gasteiger partial charge in [0.2, 0.25) is 5.82 Å². The fourth-order valence-corrected chi connectivity index (χ4v) is 3.55. The first-order chi connectivity index (χ1) is 10.4. The van der Waals surface area contributed by atoms with E-state index in [1.807, 2.05) is 11.9 Å². The molecule has 0 amide bonds. The minimum absolute atomic E-state index is 0.0158. The summed E-state index contributed by atoms with van der Waals surface area (Å²) in [5.74, 6) is -0.161. The van der Waals surface area contributed by atoms with Crippen molar-refractivity contribution in [2.75, 3.05) is 37.9 Å². The Morgan fingerprint density at radius 1 is 1.55 bits per heavy atom. The summed E-state index contributed by atoms with van der Waals surface area (Å²) in [6, 6.07) is 1.49. The van der Waals surface area contributed by atoms with Crippen LogP contribution in [0.25, 0.3) is 0 Å². The summed E-state index contributed by atoms with van der Waals surface area (Å²) in [6.07, 6.45) is 4.40. The maximum Gasteiger partial charge on any atom is 0.334 e. The molecule has 8 heteroatoms. The van der Waals surface area contributed by atoms with E-state index in [4.69, 9.17) is 22.1 Å². The molecule has 1 heterocycles. The van der Waals surface area contributed by atoms with Crippen molar-refractivity contribution in [1.29, 1.82) is 0 Å². The van der Waals surface area contributed by atoms with Crippen LogP contribution in [0.1, 0.15) is 25.7 Å². The molecule has 0 aromatic carbocycles. The van der Waals surface area contributed by atoms with Gasteiger partial charge in [-0.3, -0.25) is 10.1 Å². The Kier molecular flexibility index (Phi) is 5.08. The van der Waals surface area contributed by atoms with Crippen LogP contribution in [0.3, 0.4) is 0 Å². The van der Waals surface area contributed by atoms with Crippen molar-refractivity contribution in [3.8, 4) is 0 Å². The summed E-state index contributed by atoms with van der Waals surface area (Å²) in [5.41, 5.74) is 5.88. The number of nitrogens with zero attached hydrogens (tertiary/aromatic N) is 3. The molecule has 0 spiro atoms. The number of methoxy groups -OCH3 is 1. The van der Waals surface area contributed by atoms with Crippen molar-refractivity contribution in [2.45, 2.75) is 25.7 Å². The highest BCUT2D eigenvalue weighted by atomic mass is 35.5. The fraction of sp³-hybridized carbons (Fsp3) is 0.643. The predicted molar refractivity (Wildman–Crippen MR) is 86.4 cm³/mol. The number of nitrogens with two attached hydrogens (primary N) is 1. The van der Waals surface area contributed by atoms with E-state index in [0.29, 0.717) is 18.8 Å². The lowest BCUT2D eigenvalue weighted by Gasteiger charge is -2.33. The third kappa shape index (κ3) is 3.41. The zero-order valence-corrected chi connectivity index (χ0v) is 13.6. The number of pyridine rings is 1. The van der Waals surface area contributed by atoms with Crippen LogP contribution in [0.5, 0.6) is 0 Å². The van der Waals surface area contributed by atoms with Crippen LogP contribution in [0, 0.1) is 15.5 Å². The van der Waals surface area contributed by atoms with E-state index in [9.17, 15) is 10.1 Å². The van der Waals surface area contributed by atoms with Gasteiger partial charge in [0.25, 0.3) is 0 Å². The molecular formula is C14H21ClN4O3. The lowest BCUT2D eigenvalue weighted by Crippen LogP contribution is -2.37. The van der Waals surface area contributed by atoms with E-state index in [-0.39, 0.29) is 22.1 Å². The maximum atomic E-state index is 11.3. The van der Waals surface area contributed by atoms with Gasteiger partial charge in [-0.2, -0.15) is 0 Å². The van der Waals surface area contributed by atoms with E-state index in [2.05, 4.69) is 4.98 Å². The van der Waals surface area contributed by atoms with Crippen molar-refractivity contribution < 1.29 is 9.66 Å². The highest BCUT2D eigenvalue weighted by Gasteiger charge is 2.36. The molecule has 0 unspecified atom stereocenters. The molecular weight excluding hydrogens is 308 g/mol. The van der Waals surface area contributed by atoms with Crippen molar-refractivity contribution in [3.05, 3.63) is 21.3 Å². The van der Waals surface area contributed by atoms with E-state index >= 15 is 0 Å². The average molecular weight is 329 g/mol. The van der Waals surface area contributed by atoms with Gasteiger partial charge in [-0.1, -0.05) is 24.4 Å². The summed E-state index contributed by atoms with van der Waals surface area (Å²) in [6.45, 7) is 1.29. The molecule has 0 saturated heterocycles. The minimum Gasteiger partial charge on any atom is -0.384 e. The molecule has 7 nitrogen and oxygen atoms in total. The van der Waals surface area contributed by atoms with Crippen LogP contribution >= 0.6 is 11.6 Å². The third-order valence-electron chi connectivity index (χ3n) is 4.25. The first-order valence-electron chi connectivity index (χ1n) is 7.19. The summed E-state index contributed by atoms with van der Waals surface area (Å²) in [7, 11) is 3.50. The topological polar surface area (TPSA) is 94.5 Å². The quantitative estimate of drug-likeness (QED) is 0.490. The van der Waals surface area contributed by atoms with E-state index in [1.165, 1.54) is 6.07 Å². The molecule has 2 rings (SSSR count). The number of halogens is 1. The fourth-order valence-electron chi connectivity index (χ4n) is 3.36. The molecule has 22 heavy (non-hydrogen) atoms. The third-order valence-corrected chi connectivity index (χ3v) is 4.44. The second-order valence-corrected chi connectivity index (χ2v) is 6.34. The van der Waals surface area contributed by atoms with Gasteiger partial charge < -0.3 is 15.4 Å². The lowest BCUT2D eigenvalue weighted by molar-refractivity contribution is -0.383. The lowest BCUT2D eigenvalue weighted by atomic mass is 9.86. The van der Waals surface area contributed by atoms with E-state index in [1.54, 1.807) is 7.11 Å². The Balaban J connectivity index is 2.32. The number of hydrogen-bond donors (Lipinski definition) is 1. The first-order valence-corrected chi connectivity index (χ1v) is 7.57. The molecule has 122 valence electrons. The molecule has 2 N–H and O–H groups in total. The number of nitrogen functional groups attached to an aromatic ring is 1. The smallest absolute Gasteiger partial charge is 0.334 e. The number of nitro groups is 1. The van der Waals surface area contributed by atoms with Gasteiger partial charge in [0.15, 0.2) is 0 Å². The molecule has 1 saturated carbocycles. The van der Waals surface area contributed by atoms with Gasteiger partial charge in [-0.05, 0) is 12.8 Å². The summed E-state index contributed by atoms with van der Waals surface area (Å²) >= 11 is 5.92. The van der Waals surface area contributed by atoms with Gasteiger partial charge in [-0.25, -0.2) is 4.98 Å². The number of anilines is 2. The molecule has 1 aliphatic rings. The molecule has 0 aliphatic heterocycles. The molecule has 0 atom stereocenters. The first kappa shape index (κ1) is 16.8. The highest BCUT2D eigenvalue weighted by Crippen LogP contribution is 2.41. The zero-order chi connectivity index (χ0) is 16.3. The number of ether oxygens (including phenoxy) is 1. The highest BCUT2D eigenvalue weighted by molar-refractivity contribution is 6.30. The monoisotopic (exact) mass is 328 g/mol. The maximum absolute atomic E-state index is 11.3. The van der Waals surface area contributed by atoms with Gasteiger partial charge in [0, 0.05) is 32.2 Å². The van der Waals surface area contributed by atoms with Crippen LogP contribution in [0.15, 0.2) is 6.07 Å². The van der Waals surface area contributed by atoms with Gasteiger partial charge in [0.1, 0.15) is 10.8 Å². The molecule has 1 aromatic rings. The Morgan fingerprint density at radius 2 is 2.18 bits per heavy atom. The van der Waals surface area contributed by atoms with Crippen LogP contribution in [0.2, 0.25) is 5.15 Å². The molecule has 1 fully saturated rings. The Labute approximate surface area is 134 Å². The zero-order valence-electron chi connectivity index (χ0n) is 12.8. The van der Waals surface area contributed by atoms with Crippen LogP contribution in [-0.2, 0) is 4.74 Å². The SMILES string of the molecule is COCC1(CN(C)c2cc(Cl)nc(N)c2[N+](=O)[O-])CCCC1. The van der Waals surface area contributed by atoms with Crippen molar-refractivity contribution in [2.24, 2.45) is 5.41 Å². The van der Waals surface area contributed by atoms with Crippen molar-refractivity contribution in [1.82, 2.24) is 4.98 Å².